The van der Waals surface area contributed by atoms with Crippen LogP contribution in [0.3, 0.4) is 0 Å². The van der Waals surface area contributed by atoms with Crippen LogP contribution in [-0.4, -0.2) is 33.2 Å². The minimum atomic E-state index is 0.758. The van der Waals surface area contributed by atoms with Crippen LogP contribution in [0.1, 0.15) is 18.9 Å². The molecule has 6 heteroatoms. The van der Waals surface area contributed by atoms with Crippen LogP contribution in [0.15, 0.2) is 61.2 Å². The number of pyridine rings is 1. The lowest BCUT2D eigenvalue weighted by Gasteiger charge is -2.10. The van der Waals surface area contributed by atoms with E-state index in [0.29, 0.717) is 0 Å². The monoisotopic (exact) mass is 387 g/mol. The molecule has 29 heavy (non-hydrogen) atoms. The van der Waals surface area contributed by atoms with Crippen molar-refractivity contribution in [1.29, 1.82) is 0 Å². The molecule has 6 nitrogen and oxygen atoms in total. The molecule has 148 valence electrons. The summed E-state index contributed by atoms with van der Waals surface area (Å²) >= 11 is 0. The highest BCUT2D eigenvalue weighted by Gasteiger charge is 2.07. The van der Waals surface area contributed by atoms with Gasteiger partial charge in [-0.25, -0.2) is 15.0 Å². The topological polar surface area (TPSA) is 64.9 Å². The molecular weight excluding hydrogens is 362 g/mol. The maximum absolute atomic E-state index is 5.42. The fourth-order valence-electron chi connectivity index (χ4n) is 3.49. The fraction of sp³-hybridized carbons (Fsp3) is 0.261. The molecule has 0 aliphatic heterocycles. The lowest BCUT2D eigenvalue weighted by atomic mass is 10.1. The van der Waals surface area contributed by atoms with Gasteiger partial charge in [-0.15, -0.1) is 0 Å². The Morgan fingerprint density at radius 3 is 2.83 bits per heavy atom. The Balaban J connectivity index is 1.48. The van der Waals surface area contributed by atoms with Crippen molar-refractivity contribution in [1.82, 2.24) is 19.5 Å². The molecule has 0 saturated heterocycles. The fourth-order valence-corrected chi connectivity index (χ4v) is 3.49. The Bertz CT molecular complexity index is 1110. The molecule has 0 amide bonds. The van der Waals surface area contributed by atoms with E-state index in [4.69, 9.17) is 4.74 Å². The number of aromatic nitrogens is 4. The van der Waals surface area contributed by atoms with Crippen molar-refractivity contribution in [2.75, 3.05) is 19.0 Å². The predicted octanol–water partition coefficient (Wildman–Crippen LogP) is 4.57. The van der Waals surface area contributed by atoms with Gasteiger partial charge in [0.2, 0.25) is 0 Å². The van der Waals surface area contributed by atoms with Crippen LogP contribution in [0.5, 0.6) is 5.75 Å². The molecule has 0 radical (unpaired) electrons. The normalized spacial score (nSPS) is 11.0. The minimum Gasteiger partial charge on any atom is -0.496 e. The second kappa shape index (κ2) is 8.73. The number of fused-ring (bicyclic) bond motifs is 1. The summed E-state index contributed by atoms with van der Waals surface area (Å²) in [4.78, 5) is 13.4. The van der Waals surface area contributed by atoms with E-state index in [1.165, 1.54) is 5.56 Å². The first-order valence-electron chi connectivity index (χ1n) is 9.91. The molecular formula is C23H25N5O. The summed E-state index contributed by atoms with van der Waals surface area (Å²) in [5.74, 6) is 1.71. The van der Waals surface area contributed by atoms with Gasteiger partial charge in [0.1, 0.15) is 23.5 Å². The number of ether oxygens (including phenoxy) is 1. The van der Waals surface area contributed by atoms with Gasteiger partial charge in [0.25, 0.3) is 0 Å². The summed E-state index contributed by atoms with van der Waals surface area (Å²) in [7, 11) is 1.70. The summed E-state index contributed by atoms with van der Waals surface area (Å²) in [5.41, 5.74) is 4.03. The van der Waals surface area contributed by atoms with Gasteiger partial charge < -0.3 is 14.6 Å². The highest BCUT2D eigenvalue weighted by molar-refractivity contribution is 5.81. The highest BCUT2D eigenvalue weighted by atomic mass is 16.5. The van der Waals surface area contributed by atoms with Crippen LogP contribution in [0.25, 0.3) is 22.3 Å². The second-order valence-electron chi connectivity index (χ2n) is 6.92. The number of para-hydroxylation sites is 1. The standard InChI is InChI=1S/C23H25N5O/c1-3-11-28-12-9-18-13-19(15-25-23(18)28)20-14-22(27-16-26-20)24-10-8-17-6-4-5-7-21(17)29-2/h4-7,9,12-16H,3,8,10-11H2,1-2H3,(H,24,26,27). The van der Waals surface area contributed by atoms with Crippen molar-refractivity contribution in [3.63, 3.8) is 0 Å². The van der Waals surface area contributed by atoms with E-state index in [1.807, 2.05) is 30.5 Å². The van der Waals surface area contributed by atoms with E-state index in [2.05, 4.69) is 56.2 Å². The second-order valence-corrected chi connectivity index (χ2v) is 6.92. The van der Waals surface area contributed by atoms with Crippen LogP contribution in [0.4, 0.5) is 5.82 Å². The van der Waals surface area contributed by atoms with Gasteiger partial charge in [-0.1, -0.05) is 25.1 Å². The lowest BCUT2D eigenvalue weighted by Crippen LogP contribution is -2.07. The van der Waals surface area contributed by atoms with E-state index in [9.17, 15) is 0 Å². The van der Waals surface area contributed by atoms with Gasteiger partial charge in [-0.2, -0.15) is 0 Å². The number of benzene rings is 1. The number of rotatable bonds is 8. The molecule has 0 fully saturated rings. The van der Waals surface area contributed by atoms with Crippen molar-refractivity contribution in [3.05, 3.63) is 66.7 Å². The van der Waals surface area contributed by atoms with Crippen LogP contribution in [0, 0.1) is 0 Å². The van der Waals surface area contributed by atoms with Crippen molar-refractivity contribution in [2.45, 2.75) is 26.3 Å². The van der Waals surface area contributed by atoms with Crippen LogP contribution < -0.4 is 10.1 Å². The molecule has 4 rings (SSSR count). The summed E-state index contributed by atoms with van der Waals surface area (Å²) in [5, 5.41) is 4.51. The Hall–Kier alpha value is -3.41. The maximum atomic E-state index is 5.42. The predicted molar refractivity (Wildman–Crippen MR) is 116 cm³/mol. The van der Waals surface area contributed by atoms with E-state index < -0.39 is 0 Å². The summed E-state index contributed by atoms with van der Waals surface area (Å²) < 4.78 is 7.60. The zero-order chi connectivity index (χ0) is 20.1. The van der Waals surface area contributed by atoms with Gasteiger partial charge in [0, 0.05) is 42.5 Å². The SMILES string of the molecule is CCCn1ccc2cc(-c3cc(NCCc4ccccc4OC)ncn3)cnc21. The summed E-state index contributed by atoms with van der Waals surface area (Å²) in [6.45, 7) is 3.90. The molecule has 0 unspecified atom stereocenters. The minimum absolute atomic E-state index is 0.758. The smallest absolute Gasteiger partial charge is 0.139 e. The Morgan fingerprint density at radius 2 is 1.97 bits per heavy atom. The molecule has 0 aliphatic carbocycles. The largest absolute Gasteiger partial charge is 0.496 e. The first-order valence-corrected chi connectivity index (χ1v) is 9.91. The number of hydrogen-bond donors (Lipinski definition) is 1. The van der Waals surface area contributed by atoms with Crippen molar-refractivity contribution < 1.29 is 4.74 Å². The van der Waals surface area contributed by atoms with Gasteiger partial charge in [0.15, 0.2) is 0 Å². The van der Waals surface area contributed by atoms with Crippen molar-refractivity contribution in [3.8, 4) is 17.0 Å². The molecule has 0 saturated carbocycles. The zero-order valence-corrected chi connectivity index (χ0v) is 16.8. The van der Waals surface area contributed by atoms with Gasteiger partial charge >= 0.3 is 0 Å². The average Bonchev–Trinajstić information content (AvgIpc) is 3.17. The number of aryl methyl sites for hydroxylation is 1. The lowest BCUT2D eigenvalue weighted by molar-refractivity contribution is 0.410. The number of hydrogen-bond acceptors (Lipinski definition) is 5. The molecule has 0 aliphatic rings. The Morgan fingerprint density at radius 1 is 1.07 bits per heavy atom. The average molecular weight is 387 g/mol. The van der Waals surface area contributed by atoms with Crippen LogP contribution in [0.2, 0.25) is 0 Å². The molecule has 1 N–H and O–H groups in total. The summed E-state index contributed by atoms with van der Waals surface area (Å²) in [6.07, 6.45) is 7.50. The Labute approximate surface area is 170 Å². The van der Waals surface area contributed by atoms with Gasteiger partial charge in [0.05, 0.1) is 12.8 Å². The number of nitrogens with zero attached hydrogens (tertiary/aromatic N) is 4. The van der Waals surface area contributed by atoms with E-state index in [1.54, 1.807) is 13.4 Å². The van der Waals surface area contributed by atoms with Crippen molar-refractivity contribution in [2.24, 2.45) is 0 Å². The number of anilines is 1. The zero-order valence-electron chi connectivity index (χ0n) is 16.8. The van der Waals surface area contributed by atoms with Gasteiger partial charge in [-0.05, 0) is 36.6 Å². The molecule has 3 heterocycles. The third-order valence-corrected chi connectivity index (χ3v) is 4.92. The molecule has 0 spiro atoms. The molecule has 4 aromatic rings. The maximum Gasteiger partial charge on any atom is 0.139 e. The van der Waals surface area contributed by atoms with Crippen LogP contribution >= 0.6 is 0 Å². The van der Waals surface area contributed by atoms with E-state index in [-0.39, 0.29) is 0 Å². The quantitative estimate of drug-likeness (QED) is 0.480. The molecule has 0 atom stereocenters. The van der Waals surface area contributed by atoms with Gasteiger partial charge in [-0.3, -0.25) is 0 Å². The third-order valence-electron chi connectivity index (χ3n) is 4.92. The highest BCUT2D eigenvalue weighted by Crippen LogP contribution is 2.23. The molecule has 3 aromatic heterocycles. The molecule has 1 aromatic carbocycles. The first kappa shape index (κ1) is 18.9. The third kappa shape index (κ3) is 4.21. The first-order chi connectivity index (χ1) is 14.3. The van der Waals surface area contributed by atoms with E-state index in [0.717, 1.165) is 59.8 Å². The number of methoxy groups -OCH3 is 1. The summed E-state index contributed by atoms with van der Waals surface area (Å²) in [6, 6.07) is 14.3. The van der Waals surface area contributed by atoms with Crippen molar-refractivity contribution >= 4 is 16.9 Å². The van der Waals surface area contributed by atoms with E-state index >= 15 is 0 Å². The molecule has 0 bridgehead atoms. The Kier molecular flexibility index (Phi) is 5.70. The van der Waals surface area contributed by atoms with Crippen LogP contribution in [-0.2, 0) is 13.0 Å². The number of nitrogens with one attached hydrogen (secondary N) is 1.